The molecule has 1 aromatic carbocycles. The van der Waals surface area contributed by atoms with Gasteiger partial charge in [0.1, 0.15) is 0 Å². The fourth-order valence-corrected chi connectivity index (χ4v) is 1.65. The molecular formula is C13H17N. The van der Waals surface area contributed by atoms with E-state index in [0.29, 0.717) is 5.92 Å². The summed E-state index contributed by atoms with van der Waals surface area (Å²) in [6.45, 7) is 2.18. The molecule has 0 spiro atoms. The highest BCUT2D eigenvalue weighted by atomic mass is 14.5. The normalized spacial score (nSPS) is 12.0. The van der Waals surface area contributed by atoms with Gasteiger partial charge in [0.2, 0.25) is 0 Å². The number of hydrogen-bond donors (Lipinski definition) is 1. The summed E-state index contributed by atoms with van der Waals surface area (Å²) < 4.78 is 0. The maximum atomic E-state index is 5.63. The van der Waals surface area contributed by atoms with Crippen LogP contribution in [-0.2, 0) is 0 Å². The van der Waals surface area contributed by atoms with E-state index in [4.69, 9.17) is 12.2 Å². The molecule has 1 aromatic rings. The van der Waals surface area contributed by atoms with Crippen molar-refractivity contribution in [2.45, 2.75) is 32.1 Å². The molecule has 2 N–H and O–H groups in total. The zero-order valence-electron chi connectivity index (χ0n) is 8.66. The zero-order valence-corrected chi connectivity index (χ0v) is 8.66. The fourth-order valence-electron chi connectivity index (χ4n) is 1.65. The van der Waals surface area contributed by atoms with Crippen LogP contribution in [0.3, 0.4) is 0 Å². The first kappa shape index (κ1) is 10.7. The number of nitrogen functional groups attached to an aromatic ring is 1. The van der Waals surface area contributed by atoms with E-state index < -0.39 is 0 Å². The summed E-state index contributed by atoms with van der Waals surface area (Å²) in [4.78, 5) is 0. The van der Waals surface area contributed by atoms with Crippen molar-refractivity contribution in [3.8, 4) is 12.3 Å². The molecule has 74 valence electrons. The van der Waals surface area contributed by atoms with Gasteiger partial charge in [-0.15, -0.1) is 12.3 Å². The smallest absolute Gasteiger partial charge is 0.0314 e. The Morgan fingerprint density at radius 2 is 2.00 bits per heavy atom. The highest BCUT2D eigenvalue weighted by molar-refractivity contribution is 5.40. The molecule has 1 rings (SSSR count). The van der Waals surface area contributed by atoms with Gasteiger partial charge >= 0.3 is 0 Å². The molecule has 0 amide bonds. The topological polar surface area (TPSA) is 26.0 Å². The van der Waals surface area contributed by atoms with Gasteiger partial charge in [0.25, 0.3) is 0 Å². The Morgan fingerprint density at radius 1 is 1.36 bits per heavy atom. The highest BCUT2D eigenvalue weighted by Gasteiger charge is 2.08. The minimum atomic E-state index is 0.491. The van der Waals surface area contributed by atoms with E-state index in [1.165, 1.54) is 5.56 Å². The minimum absolute atomic E-state index is 0.491. The van der Waals surface area contributed by atoms with Gasteiger partial charge in [-0.25, -0.2) is 0 Å². The summed E-state index contributed by atoms with van der Waals surface area (Å²) in [5.74, 6) is 3.23. The molecule has 0 aliphatic rings. The van der Waals surface area contributed by atoms with Crippen LogP contribution in [0.15, 0.2) is 24.3 Å². The van der Waals surface area contributed by atoms with Crippen LogP contribution in [-0.4, -0.2) is 0 Å². The third-order valence-corrected chi connectivity index (χ3v) is 2.41. The highest BCUT2D eigenvalue weighted by Crippen LogP contribution is 2.24. The summed E-state index contributed by atoms with van der Waals surface area (Å²) in [5, 5.41) is 0. The average Bonchev–Trinajstić information content (AvgIpc) is 2.19. The molecule has 1 unspecified atom stereocenters. The second-order valence-corrected chi connectivity index (χ2v) is 3.56. The van der Waals surface area contributed by atoms with Crippen molar-refractivity contribution in [2.24, 2.45) is 0 Å². The number of anilines is 1. The lowest BCUT2D eigenvalue weighted by atomic mass is 9.92. The monoisotopic (exact) mass is 187 g/mol. The van der Waals surface area contributed by atoms with Crippen LogP contribution in [0.5, 0.6) is 0 Å². The van der Waals surface area contributed by atoms with E-state index >= 15 is 0 Å². The van der Waals surface area contributed by atoms with Crippen molar-refractivity contribution in [2.75, 3.05) is 5.73 Å². The first-order valence-corrected chi connectivity index (χ1v) is 5.06. The maximum Gasteiger partial charge on any atom is 0.0314 e. The Hall–Kier alpha value is -1.42. The van der Waals surface area contributed by atoms with E-state index in [0.717, 1.165) is 24.9 Å². The Balaban J connectivity index is 2.77. The fraction of sp³-hybridized carbons (Fsp3) is 0.385. The van der Waals surface area contributed by atoms with E-state index in [1.54, 1.807) is 0 Å². The second-order valence-electron chi connectivity index (χ2n) is 3.56. The van der Waals surface area contributed by atoms with Gasteiger partial charge in [0.05, 0.1) is 0 Å². The lowest BCUT2D eigenvalue weighted by Gasteiger charge is -2.13. The van der Waals surface area contributed by atoms with Gasteiger partial charge in [-0.1, -0.05) is 25.5 Å². The molecule has 0 bridgehead atoms. The van der Waals surface area contributed by atoms with Crippen molar-refractivity contribution >= 4 is 5.69 Å². The molecule has 0 saturated carbocycles. The first-order valence-electron chi connectivity index (χ1n) is 5.06. The van der Waals surface area contributed by atoms with Crippen LogP contribution in [0.1, 0.15) is 37.7 Å². The predicted molar refractivity (Wildman–Crippen MR) is 62.0 cm³/mol. The molecule has 0 fully saturated rings. The van der Waals surface area contributed by atoms with Gasteiger partial charge in [-0.05, 0) is 30.0 Å². The number of terminal acetylenes is 1. The molecule has 1 atom stereocenters. The molecule has 1 nitrogen and oxygen atoms in total. The molecule has 14 heavy (non-hydrogen) atoms. The summed E-state index contributed by atoms with van der Waals surface area (Å²) in [6.07, 6.45) is 8.48. The lowest BCUT2D eigenvalue weighted by Crippen LogP contribution is -1.97. The molecule has 0 aliphatic carbocycles. The largest absolute Gasteiger partial charge is 0.399 e. The number of hydrogen-bond acceptors (Lipinski definition) is 1. The summed E-state index contributed by atoms with van der Waals surface area (Å²) in [6, 6.07) is 8.03. The average molecular weight is 187 g/mol. The maximum absolute atomic E-state index is 5.63. The minimum Gasteiger partial charge on any atom is -0.399 e. The molecule has 0 heterocycles. The van der Waals surface area contributed by atoms with Crippen LogP contribution in [0.2, 0.25) is 0 Å². The van der Waals surface area contributed by atoms with E-state index in [2.05, 4.69) is 25.0 Å². The Labute approximate surface area is 86.3 Å². The van der Waals surface area contributed by atoms with Gasteiger partial charge in [0.15, 0.2) is 0 Å². The van der Waals surface area contributed by atoms with Crippen LogP contribution >= 0.6 is 0 Å². The van der Waals surface area contributed by atoms with Crippen LogP contribution in [0.4, 0.5) is 5.69 Å². The number of rotatable bonds is 4. The van der Waals surface area contributed by atoms with E-state index in [-0.39, 0.29) is 0 Å². The molecule has 0 aromatic heterocycles. The standard InChI is InChI=1S/C13H17N/c1-3-5-11(6-4-2)12-7-9-13(14)10-8-12/h1,7-11H,4-6,14H2,2H3. The third kappa shape index (κ3) is 2.81. The van der Waals surface area contributed by atoms with Crippen molar-refractivity contribution in [3.05, 3.63) is 29.8 Å². The van der Waals surface area contributed by atoms with Crippen LogP contribution in [0, 0.1) is 12.3 Å². The van der Waals surface area contributed by atoms with Crippen molar-refractivity contribution < 1.29 is 0 Å². The summed E-state index contributed by atoms with van der Waals surface area (Å²) >= 11 is 0. The van der Waals surface area contributed by atoms with Crippen LogP contribution in [0.25, 0.3) is 0 Å². The van der Waals surface area contributed by atoms with E-state index in [1.807, 2.05) is 12.1 Å². The van der Waals surface area contributed by atoms with Gasteiger partial charge in [-0.3, -0.25) is 0 Å². The Kier molecular flexibility index (Phi) is 4.07. The summed E-state index contributed by atoms with van der Waals surface area (Å²) in [5.41, 5.74) is 7.75. The SMILES string of the molecule is C#CCC(CCC)c1ccc(N)cc1. The van der Waals surface area contributed by atoms with Crippen molar-refractivity contribution in [1.82, 2.24) is 0 Å². The van der Waals surface area contributed by atoms with Crippen molar-refractivity contribution in [1.29, 1.82) is 0 Å². The van der Waals surface area contributed by atoms with Gasteiger partial charge in [0, 0.05) is 12.1 Å². The van der Waals surface area contributed by atoms with Gasteiger partial charge < -0.3 is 5.73 Å². The first-order chi connectivity index (χ1) is 6.77. The quantitative estimate of drug-likeness (QED) is 0.568. The predicted octanol–water partition coefficient (Wildman–Crippen LogP) is 3.18. The lowest BCUT2D eigenvalue weighted by molar-refractivity contribution is 0.628. The molecule has 0 aliphatic heterocycles. The second kappa shape index (κ2) is 5.34. The van der Waals surface area contributed by atoms with E-state index in [9.17, 15) is 0 Å². The molecule has 1 heteroatoms. The number of benzene rings is 1. The Bertz CT molecular complexity index is 305. The van der Waals surface area contributed by atoms with Crippen LogP contribution < -0.4 is 5.73 Å². The van der Waals surface area contributed by atoms with Crippen molar-refractivity contribution in [3.63, 3.8) is 0 Å². The van der Waals surface area contributed by atoms with Gasteiger partial charge in [-0.2, -0.15) is 0 Å². The molecular weight excluding hydrogens is 170 g/mol. The Morgan fingerprint density at radius 3 is 2.50 bits per heavy atom. The molecule has 0 radical (unpaired) electrons. The third-order valence-electron chi connectivity index (χ3n) is 2.41. The number of nitrogens with two attached hydrogens (primary N) is 1. The summed E-state index contributed by atoms with van der Waals surface area (Å²) in [7, 11) is 0. The molecule has 0 saturated heterocycles. The zero-order chi connectivity index (χ0) is 10.4.